The van der Waals surface area contributed by atoms with Crippen molar-refractivity contribution in [2.24, 2.45) is 0 Å². The van der Waals surface area contributed by atoms with Crippen molar-refractivity contribution < 1.29 is 9.47 Å². The Labute approximate surface area is 193 Å². The first-order chi connectivity index (χ1) is 16.2. The van der Waals surface area contributed by atoms with Crippen molar-refractivity contribution in [2.75, 3.05) is 26.3 Å². The van der Waals surface area contributed by atoms with E-state index in [2.05, 4.69) is 20.8 Å². The van der Waals surface area contributed by atoms with Gasteiger partial charge in [0.1, 0.15) is 12.4 Å². The third-order valence-electron chi connectivity index (χ3n) is 5.66. The maximum absolute atomic E-state index is 12.3. The first-order valence-corrected chi connectivity index (χ1v) is 11.2. The molecule has 0 aliphatic carbocycles. The normalized spacial score (nSPS) is 16.2. The number of terminal acetylenes is 1. The SMILES string of the molecule is C#CCOc1ccc(CN2CCCC(c3cc(=O)[nH]c(-c4ccncc4)n3)C2)cc1OCC. The number of aromatic amines is 1. The van der Waals surface area contributed by atoms with Crippen LogP contribution in [-0.2, 0) is 6.54 Å². The number of hydrogen-bond donors (Lipinski definition) is 1. The zero-order valence-electron chi connectivity index (χ0n) is 18.8. The number of piperidine rings is 1. The second kappa shape index (κ2) is 10.8. The molecule has 1 atom stereocenters. The number of hydrogen-bond acceptors (Lipinski definition) is 6. The first-order valence-electron chi connectivity index (χ1n) is 11.2. The summed E-state index contributed by atoms with van der Waals surface area (Å²) in [5.41, 5.74) is 2.70. The highest BCUT2D eigenvalue weighted by atomic mass is 16.5. The lowest BCUT2D eigenvalue weighted by atomic mass is 9.94. The Morgan fingerprint density at radius 1 is 1.18 bits per heavy atom. The summed E-state index contributed by atoms with van der Waals surface area (Å²) < 4.78 is 11.4. The van der Waals surface area contributed by atoms with Gasteiger partial charge in [-0.25, -0.2) is 4.98 Å². The van der Waals surface area contributed by atoms with Gasteiger partial charge in [-0.05, 0) is 56.1 Å². The van der Waals surface area contributed by atoms with E-state index in [4.69, 9.17) is 20.9 Å². The quantitative estimate of drug-likeness (QED) is 0.535. The molecule has 1 aliphatic heterocycles. The molecule has 170 valence electrons. The molecule has 1 saturated heterocycles. The molecule has 3 heterocycles. The largest absolute Gasteiger partial charge is 0.490 e. The molecule has 0 amide bonds. The van der Waals surface area contributed by atoms with E-state index in [1.165, 1.54) is 0 Å². The third-order valence-corrected chi connectivity index (χ3v) is 5.66. The van der Waals surface area contributed by atoms with E-state index in [0.29, 0.717) is 23.9 Å². The maximum Gasteiger partial charge on any atom is 0.251 e. The van der Waals surface area contributed by atoms with Gasteiger partial charge in [0.05, 0.1) is 12.3 Å². The molecule has 0 spiro atoms. The highest BCUT2D eigenvalue weighted by Gasteiger charge is 2.24. The number of rotatable bonds is 8. The second-order valence-electron chi connectivity index (χ2n) is 8.04. The number of nitrogens with one attached hydrogen (secondary N) is 1. The first kappa shape index (κ1) is 22.6. The number of nitrogens with zero attached hydrogens (tertiary/aromatic N) is 3. The summed E-state index contributed by atoms with van der Waals surface area (Å²) in [4.78, 5) is 26.4. The van der Waals surface area contributed by atoms with E-state index in [0.717, 1.165) is 49.3 Å². The molecule has 0 bridgehead atoms. The average Bonchev–Trinajstić information content (AvgIpc) is 2.84. The summed E-state index contributed by atoms with van der Waals surface area (Å²) in [5.74, 6) is 4.63. The van der Waals surface area contributed by atoms with E-state index in [9.17, 15) is 4.79 Å². The molecule has 33 heavy (non-hydrogen) atoms. The molecule has 1 fully saturated rings. The van der Waals surface area contributed by atoms with E-state index in [-0.39, 0.29) is 18.1 Å². The van der Waals surface area contributed by atoms with E-state index in [1.807, 2.05) is 37.3 Å². The summed E-state index contributed by atoms with van der Waals surface area (Å²) >= 11 is 0. The molecule has 7 nitrogen and oxygen atoms in total. The Kier molecular flexibility index (Phi) is 7.38. The fraction of sp³-hybridized carbons (Fsp3) is 0.346. The van der Waals surface area contributed by atoms with Crippen LogP contribution in [-0.4, -0.2) is 46.2 Å². The van der Waals surface area contributed by atoms with Gasteiger partial charge >= 0.3 is 0 Å². The molecule has 4 rings (SSSR count). The van der Waals surface area contributed by atoms with Crippen LogP contribution in [0.3, 0.4) is 0 Å². The van der Waals surface area contributed by atoms with Gasteiger partial charge in [-0.3, -0.25) is 14.7 Å². The molecule has 1 aromatic carbocycles. The zero-order chi connectivity index (χ0) is 23.0. The number of aromatic nitrogens is 3. The van der Waals surface area contributed by atoms with Crippen LogP contribution in [0.15, 0.2) is 53.6 Å². The van der Waals surface area contributed by atoms with Crippen LogP contribution >= 0.6 is 0 Å². The van der Waals surface area contributed by atoms with Gasteiger partial charge in [0.25, 0.3) is 5.56 Å². The van der Waals surface area contributed by atoms with Crippen LogP contribution in [0.1, 0.15) is 36.9 Å². The average molecular weight is 445 g/mol. The van der Waals surface area contributed by atoms with Gasteiger partial charge < -0.3 is 14.5 Å². The molecule has 2 aromatic heterocycles. The van der Waals surface area contributed by atoms with Gasteiger partial charge in [0.2, 0.25) is 0 Å². The van der Waals surface area contributed by atoms with Crippen molar-refractivity contribution >= 4 is 0 Å². The Hall–Kier alpha value is -3.63. The van der Waals surface area contributed by atoms with Crippen molar-refractivity contribution in [2.45, 2.75) is 32.2 Å². The molecule has 0 radical (unpaired) electrons. The Balaban J connectivity index is 1.49. The minimum atomic E-state index is -0.132. The summed E-state index contributed by atoms with van der Waals surface area (Å²) in [5, 5.41) is 0. The molecule has 7 heteroatoms. The van der Waals surface area contributed by atoms with Crippen molar-refractivity contribution in [3.8, 4) is 35.2 Å². The summed E-state index contributed by atoms with van der Waals surface area (Å²) in [7, 11) is 0. The van der Waals surface area contributed by atoms with Crippen LogP contribution in [0.25, 0.3) is 11.4 Å². The highest BCUT2D eigenvalue weighted by molar-refractivity contribution is 5.53. The Bertz CT molecular complexity index is 1170. The van der Waals surface area contributed by atoms with Gasteiger partial charge in [-0.15, -0.1) is 6.42 Å². The standard InChI is InChI=1S/C26H28N4O3/c1-3-14-33-23-8-7-19(15-24(23)32-4-2)17-30-13-5-6-21(18-30)22-16-25(31)29-26(28-22)20-9-11-27-12-10-20/h1,7-12,15-16,21H,4-6,13-14,17-18H2,2H3,(H,28,29,31). The van der Waals surface area contributed by atoms with Crippen LogP contribution in [0.5, 0.6) is 11.5 Å². The predicted octanol–water partition coefficient (Wildman–Crippen LogP) is 3.62. The van der Waals surface area contributed by atoms with Gasteiger partial charge in [0.15, 0.2) is 11.5 Å². The Morgan fingerprint density at radius 2 is 2.03 bits per heavy atom. The van der Waals surface area contributed by atoms with Crippen molar-refractivity contribution in [3.63, 3.8) is 0 Å². The molecule has 1 aliphatic rings. The number of benzene rings is 1. The number of pyridine rings is 1. The zero-order valence-corrected chi connectivity index (χ0v) is 18.8. The topological polar surface area (TPSA) is 80.3 Å². The van der Waals surface area contributed by atoms with Gasteiger partial charge in [0, 0.05) is 43.0 Å². The molecule has 1 unspecified atom stereocenters. The second-order valence-corrected chi connectivity index (χ2v) is 8.04. The van der Waals surface area contributed by atoms with Crippen LogP contribution in [0, 0.1) is 12.3 Å². The number of H-pyrrole nitrogens is 1. The van der Waals surface area contributed by atoms with Crippen LogP contribution in [0.4, 0.5) is 0 Å². The molecule has 0 saturated carbocycles. The molecule has 1 N–H and O–H groups in total. The van der Waals surface area contributed by atoms with E-state index in [1.54, 1.807) is 18.5 Å². The van der Waals surface area contributed by atoms with Crippen molar-refractivity contribution in [3.05, 3.63) is 70.4 Å². The van der Waals surface area contributed by atoms with Crippen molar-refractivity contribution in [1.82, 2.24) is 19.9 Å². The van der Waals surface area contributed by atoms with Crippen LogP contribution < -0.4 is 15.0 Å². The fourth-order valence-corrected chi connectivity index (χ4v) is 4.19. The number of ether oxygens (including phenoxy) is 2. The Morgan fingerprint density at radius 3 is 2.82 bits per heavy atom. The monoisotopic (exact) mass is 444 g/mol. The maximum atomic E-state index is 12.3. The summed E-state index contributed by atoms with van der Waals surface area (Å²) in [6.45, 7) is 5.32. The molecular weight excluding hydrogens is 416 g/mol. The van der Waals surface area contributed by atoms with Crippen molar-refractivity contribution in [1.29, 1.82) is 0 Å². The minimum absolute atomic E-state index is 0.132. The smallest absolute Gasteiger partial charge is 0.251 e. The third kappa shape index (κ3) is 5.79. The lowest BCUT2D eigenvalue weighted by molar-refractivity contribution is 0.198. The summed E-state index contributed by atoms with van der Waals surface area (Å²) in [6, 6.07) is 11.3. The fourth-order valence-electron chi connectivity index (χ4n) is 4.19. The molecular formula is C26H28N4O3. The summed E-state index contributed by atoms with van der Waals surface area (Å²) in [6.07, 6.45) is 10.8. The van der Waals surface area contributed by atoms with Gasteiger partial charge in [-0.2, -0.15) is 0 Å². The lowest BCUT2D eigenvalue weighted by Gasteiger charge is -2.32. The minimum Gasteiger partial charge on any atom is -0.490 e. The van der Waals surface area contributed by atoms with E-state index >= 15 is 0 Å². The van der Waals surface area contributed by atoms with Crippen LogP contribution in [0.2, 0.25) is 0 Å². The van der Waals surface area contributed by atoms with Gasteiger partial charge in [-0.1, -0.05) is 12.0 Å². The lowest BCUT2D eigenvalue weighted by Crippen LogP contribution is -2.34. The number of likely N-dealkylation sites (tertiary alicyclic amines) is 1. The highest BCUT2D eigenvalue weighted by Crippen LogP contribution is 2.31. The predicted molar refractivity (Wildman–Crippen MR) is 127 cm³/mol. The molecule has 3 aromatic rings. The van der Waals surface area contributed by atoms with E-state index < -0.39 is 0 Å².